The number of hydrogen-bond donors (Lipinski definition) is 0. The first-order valence-corrected chi connectivity index (χ1v) is 7.86. The van der Waals surface area contributed by atoms with Crippen molar-refractivity contribution in [2.24, 2.45) is 64.6 Å². The number of methoxy groups -OCH3 is 2. The van der Waals surface area contributed by atoms with E-state index in [0.717, 1.165) is 23.7 Å². The fourth-order valence-electron chi connectivity index (χ4n) is 8.93. The van der Waals surface area contributed by atoms with Crippen LogP contribution in [0.4, 0.5) is 0 Å². The first kappa shape index (κ1) is 10.6. The van der Waals surface area contributed by atoms with Gasteiger partial charge in [0.15, 0.2) is 5.41 Å². The lowest BCUT2D eigenvalue weighted by Gasteiger charge is -2.44. The lowest BCUT2D eigenvalue weighted by molar-refractivity contribution is -0.174. The predicted molar refractivity (Wildman–Crippen MR) is 66.0 cm³/mol. The molecule has 0 aliphatic heterocycles. The molecule has 20 heavy (non-hydrogen) atoms. The van der Waals surface area contributed by atoms with E-state index in [2.05, 4.69) is 0 Å². The third-order valence-electron chi connectivity index (χ3n) is 8.50. The average Bonchev–Trinajstić information content (AvgIpc) is 3.08. The summed E-state index contributed by atoms with van der Waals surface area (Å²) in [6.07, 6.45) is 1.38. The minimum absolute atomic E-state index is 0.237. The SMILES string of the molecule is COC(=O)C1(C(=O)OC)[C@@H]2[C@H]3[C@@H]4[C@H]5C[C@H]6[C@@H]4[C@@H]3[C@@H]1[C@H]6[C@@H]52. The number of carbonyl (C=O) groups excluding carboxylic acids is 2. The van der Waals surface area contributed by atoms with E-state index >= 15 is 0 Å². The summed E-state index contributed by atoms with van der Waals surface area (Å²) in [5, 5.41) is 0. The molecule has 0 unspecified atom stereocenters. The van der Waals surface area contributed by atoms with Crippen LogP contribution in [0, 0.1) is 64.6 Å². The Morgan fingerprint density at radius 2 is 1.25 bits per heavy atom. The molecule has 4 bridgehead atoms. The van der Waals surface area contributed by atoms with Gasteiger partial charge in [-0.1, -0.05) is 0 Å². The Morgan fingerprint density at radius 3 is 1.65 bits per heavy atom. The summed E-state index contributed by atoms with van der Waals surface area (Å²) in [6.45, 7) is 0. The minimum Gasteiger partial charge on any atom is -0.468 e. The molecular weight excluding hydrogens is 256 g/mol. The summed E-state index contributed by atoms with van der Waals surface area (Å²) in [6, 6.07) is 0. The van der Waals surface area contributed by atoms with Crippen LogP contribution in [-0.4, -0.2) is 26.2 Å². The lowest BCUT2D eigenvalue weighted by atomic mass is 9.60. The number of rotatable bonds is 2. The van der Waals surface area contributed by atoms with Crippen LogP contribution in [0.15, 0.2) is 0 Å². The van der Waals surface area contributed by atoms with E-state index in [1.165, 1.54) is 20.6 Å². The zero-order chi connectivity index (χ0) is 13.5. The van der Waals surface area contributed by atoms with Gasteiger partial charge in [0.25, 0.3) is 0 Å². The number of hydrogen-bond acceptors (Lipinski definition) is 4. The molecule has 7 saturated carbocycles. The highest BCUT2D eigenvalue weighted by Crippen LogP contribution is 2.94. The van der Waals surface area contributed by atoms with Crippen molar-refractivity contribution in [1.29, 1.82) is 0 Å². The zero-order valence-corrected chi connectivity index (χ0v) is 11.6. The Balaban J connectivity index is 1.62. The van der Waals surface area contributed by atoms with Gasteiger partial charge >= 0.3 is 11.9 Å². The van der Waals surface area contributed by atoms with Gasteiger partial charge in [-0.05, 0) is 65.6 Å². The van der Waals surface area contributed by atoms with E-state index in [1.807, 2.05) is 0 Å². The molecular formula is C16H18O4. The van der Waals surface area contributed by atoms with Crippen LogP contribution in [0.25, 0.3) is 0 Å². The Labute approximate surface area is 117 Å². The molecule has 7 aliphatic rings. The van der Waals surface area contributed by atoms with Crippen molar-refractivity contribution in [3.63, 3.8) is 0 Å². The van der Waals surface area contributed by atoms with Crippen LogP contribution < -0.4 is 0 Å². The fraction of sp³-hybridized carbons (Fsp3) is 0.875. The molecule has 0 saturated heterocycles. The first-order valence-electron chi connectivity index (χ1n) is 7.86. The van der Waals surface area contributed by atoms with Crippen LogP contribution in [0.1, 0.15) is 6.42 Å². The summed E-state index contributed by atoms with van der Waals surface area (Å²) in [5.74, 6) is 5.64. The topological polar surface area (TPSA) is 52.6 Å². The van der Waals surface area contributed by atoms with Crippen LogP contribution in [0.2, 0.25) is 0 Å². The molecule has 0 heterocycles. The number of ether oxygens (including phenoxy) is 2. The predicted octanol–water partition coefficient (Wildman–Crippen LogP) is 0.952. The Kier molecular flexibility index (Phi) is 1.42. The minimum atomic E-state index is -0.939. The molecule has 106 valence electrons. The smallest absolute Gasteiger partial charge is 0.323 e. The highest BCUT2D eigenvalue weighted by Gasteiger charge is 2.95. The lowest BCUT2D eigenvalue weighted by Crippen LogP contribution is -2.46. The van der Waals surface area contributed by atoms with Crippen molar-refractivity contribution in [3.05, 3.63) is 0 Å². The molecule has 0 radical (unpaired) electrons. The van der Waals surface area contributed by atoms with Crippen molar-refractivity contribution in [2.75, 3.05) is 14.2 Å². The van der Waals surface area contributed by atoms with Crippen molar-refractivity contribution in [2.45, 2.75) is 6.42 Å². The Bertz CT molecular complexity index is 529. The van der Waals surface area contributed by atoms with Gasteiger partial charge in [-0.15, -0.1) is 0 Å². The molecule has 0 aromatic rings. The molecule has 0 aromatic heterocycles. The maximum absolute atomic E-state index is 12.6. The van der Waals surface area contributed by atoms with E-state index in [1.54, 1.807) is 0 Å². The molecule has 0 amide bonds. The van der Waals surface area contributed by atoms with Crippen molar-refractivity contribution in [3.8, 4) is 0 Å². The highest BCUT2D eigenvalue weighted by molar-refractivity contribution is 6.02. The molecule has 0 spiro atoms. The van der Waals surface area contributed by atoms with Gasteiger partial charge in [-0.2, -0.15) is 0 Å². The van der Waals surface area contributed by atoms with Crippen molar-refractivity contribution < 1.29 is 19.1 Å². The van der Waals surface area contributed by atoms with Crippen molar-refractivity contribution >= 4 is 11.9 Å². The monoisotopic (exact) mass is 274 g/mol. The molecule has 4 nitrogen and oxygen atoms in total. The normalized spacial score (nSPS) is 63.1. The molecule has 7 fully saturated rings. The maximum Gasteiger partial charge on any atom is 0.323 e. The quantitative estimate of drug-likeness (QED) is 0.556. The van der Waals surface area contributed by atoms with Crippen LogP contribution in [0.5, 0.6) is 0 Å². The second-order valence-corrected chi connectivity index (χ2v) is 7.93. The van der Waals surface area contributed by atoms with E-state index in [-0.39, 0.29) is 23.8 Å². The zero-order valence-electron chi connectivity index (χ0n) is 11.6. The number of carbonyl (C=O) groups is 2. The maximum atomic E-state index is 12.6. The first-order chi connectivity index (χ1) is 9.69. The second kappa shape index (κ2) is 2.67. The summed E-state index contributed by atoms with van der Waals surface area (Å²) >= 11 is 0. The van der Waals surface area contributed by atoms with Gasteiger partial charge in [0.2, 0.25) is 0 Å². The van der Waals surface area contributed by atoms with Crippen LogP contribution in [0.3, 0.4) is 0 Å². The molecule has 0 N–H and O–H groups in total. The largest absolute Gasteiger partial charge is 0.468 e. The standard InChI is InChI=1S/C16H18O4/c1-19-14(17)16(15(18)20-2)12-8-4-3-5-7-6(4)10(12)11(7)13(16)9(5)8/h4-13H,3H2,1-2H3/t4-,5+,6-,7+,8-,9-,10+,11+,12+,13+/m1/s1. The summed E-state index contributed by atoms with van der Waals surface area (Å²) in [4.78, 5) is 25.3. The van der Waals surface area contributed by atoms with Crippen LogP contribution in [-0.2, 0) is 19.1 Å². The fourth-order valence-corrected chi connectivity index (χ4v) is 8.93. The third-order valence-corrected chi connectivity index (χ3v) is 8.50. The van der Waals surface area contributed by atoms with E-state index in [9.17, 15) is 9.59 Å². The Hall–Kier alpha value is -1.06. The van der Waals surface area contributed by atoms with Crippen molar-refractivity contribution in [1.82, 2.24) is 0 Å². The summed E-state index contributed by atoms with van der Waals surface area (Å²) in [7, 11) is 2.84. The molecule has 7 rings (SSSR count). The molecule has 10 atom stereocenters. The van der Waals surface area contributed by atoms with Gasteiger partial charge in [-0.25, -0.2) is 0 Å². The third kappa shape index (κ3) is 0.626. The average molecular weight is 274 g/mol. The number of esters is 2. The van der Waals surface area contributed by atoms with Gasteiger partial charge in [0.05, 0.1) is 14.2 Å². The molecule has 7 aliphatic carbocycles. The summed E-state index contributed by atoms with van der Waals surface area (Å²) < 4.78 is 10.2. The molecule has 4 heteroatoms. The highest BCUT2D eigenvalue weighted by atomic mass is 16.5. The van der Waals surface area contributed by atoms with Gasteiger partial charge < -0.3 is 9.47 Å². The van der Waals surface area contributed by atoms with Gasteiger partial charge in [0, 0.05) is 0 Å². The van der Waals surface area contributed by atoms with Crippen LogP contribution >= 0.6 is 0 Å². The Morgan fingerprint density at radius 1 is 0.800 bits per heavy atom. The van der Waals surface area contributed by atoms with E-state index < -0.39 is 5.41 Å². The molecule has 0 aromatic carbocycles. The van der Waals surface area contributed by atoms with E-state index in [4.69, 9.17) is 9.47 Å². The van der Waals surface area contributed by atoms with Gasteiger partial charge in [-0.3, -0.25) is 9.59 Å². The van der Waals surface area contributed by atoms with E-state index in [0.29, 0.717) is 23.7 Å². The summed E-state index contributed by atoms with van der Waals surface area (Å²) in [5.41, 5.74) is -0.939. The van der Waals surface area contributed by atoms with Gasteiger partial charge in [0.1, 0.15) is 0 Å². The second-order valence-electron chi connectivity index (χ2n) is 7.93.